The predicted molar refractivity (Wildman–Crippen MR) is 61.5 cm³/mol. The van der Waals surface area contributed by atoms with Crippen molar-refractivity contribution in [1.29, 1.82) is 0 Å². The van der Waals surface area contributed by atoms with Crippen LogP contribution in [0.15, 0.2) is 0 Å². The van der Waals surface area contributed by atoms with Gasteiger partial charge in [-0.05, 0) is 35.5 Å². The zero-order valence-corrected chi connectivity index (χ0v) is 10.4. The van der Waals surface area contributed by atoms with E-state index in [1.807, 2.05) is 6.92 Å². The molecule has 0 saturated heterocycles. The summed E-state index contributed by atoms with van der Waals surface area (Å²) in [7, 11) is 0. The molecule has 0 aromatic rings. The van der Waals surface area contributed by atoms with Gasteiger partial charge in [-0.1, -0.05) is 27.7 Å². The number of hydrogen-bond donors (Lipinski definition) is 1. The van der Waals surface area contributed by atoms with Gasteiger partial charge in [-0.25, -0.2) is 0 Å². The molecule has 1 amide bonds. The summed E-state index contributed by atoms with van der Waals surface area (Å²) in [5.41, 5.74) is 1.53. The Balaban J connectivity index is 1.81. The summed E-state index contributed by atoms with van der Waals surface area (Å²) in [6.45, 7) is 9.87. The van der Waals surface area contributed by atoms with Gasteiger partial charge in [-0.15, -0.1) is 0 Å². The molecule has 2 bridgehead atoms. The van der Waals surface area contributed by atoms with Gasteiger partial charge in [-0.3, -0.25) is 4.79 Å². The van der Waals surface area contributed by atoms with Crippen molar-refractivity contribution in [3.63, 3.8) is 0 Å². The van der Waals surface area contributed by atoms with Crippen molar-refractivity contribution in [3.8, 4) is 0 Å². The standard InChI is InChI=1S/C13H23NO/c1-5-10(15)14-9-12-6-13(7-12,8-12)11(2,3)4/h5-9H2,1-4H3,(H,14,15). The summed E-state index contributed by atoms with van der Waals surface area (Å²) in [5.74, 6) is 0.199. The number of nitrogens with one attached hydrogen (secondary N) is 1. The fourth-order valence-electron chi connectivity index (χ4n) is 3.39. The molecule has 0 aliphatic heterocycles. The zero-order valence-electron chi connectivity index (χ0n) is 10.4. The van der Waals surface area contributed by atoms with Crippen LogP contribution >= 0.6 is 0 Å². The highest BCUT2D eigenvalue weighted by molar-refractivity contribution is 5.75. The lowest BCUT2D eigenvalue weighted by molar-refractivity contribution is -0.255. The quantitative estimate of drug-likeness (QED) is 0.761. The molecular formula is C13H23NO. The van der Waals surface area contributed by atoms with Crippen LogP contribution in [0.2, 0.25) is 0 Å². The van der Waals surface area contributed by atoms with Gasteiger partial charge in [0.1, 0.15) is 0 Å². The van der Waals surface area contributed by atoms with Gasteiger partial charge < -0.3 is 5.32 Å². The Bertz CT molecular complexity index is 268. The van der Waals surface area contributed by atoms with Crippen LogP contribution in [-0.4, -0.2) is 12.5 Å². The smallest absolute Gasteiger partial charge is 0.219 e. The van der Waals surface area contributed by atoms with Crippen LogP contribution in [-0.2, 0) is 4.79 Å². The van der Waals surface area contributed by atoms with Crippen molar-refractivity contribution in [2.45, 2.75) is 53.4 Å². The number of carbonyl (C=O) groups is 1. The molecule has 3 aliphatic carbocycles. The molecule has 0 heterocycles. The van der Waals surface area contributed by atoms with Gasteiger partial charge in [0.2, 0.25) is 5.91 Å². The van der Waals surface area contributed by atoms with Crippen LogP contribution in [0.25, 0.3) is 0 Å². The Labute approximate surface area is 92.8 Å². The molecule has 3 saturated carbocycles. The molecule has 0 spiro atoms. The molecule has 0 aromatic carbocycles. The maximum absolute atomic E-state index is 11.2. The third kappa shape index (κ3) is 1.49. The second kappa shape index (κ2) is 2.99. The SMILES string of the molecule is CCC(=O)NCC12CC(C(C)(C)C)(C1)C2. The average molecular weight is 209 g/mol. The Morgan fingerprint density at radius 1 is 1.27 bits per heavy atom. The van der Waals surface area contributed by atoms with E-state index >= 15 is 0 Å². The fraction of sp³-hybridized carbons (Fsp3) is 0.923. The van der Waals surface area contributed by atoms with E-state index in [-0.39, 0.29) is 5.91 Å². The van der Waals surface area contributed by atoms with Crippen molar-refractivity contribution >= 4 is 5.91 Å². The molecule has 0 aromatic heterocycles. The van der Waals surface area contributed by atoms with Crippen LogP contribution in [0.4, 0.5) is 0 Å². The van der Waals surface area contributed by atoms with Gasteiger partial charge >= 0.3 is 0 Å². The molecule has 3 rings (SSSR count). The molecular weight excluding hydrogens is 186 g/mol. The van der Waals surface area contributed by atoms with E-state index in [4.69, 9.17) is 0 Å². The first-order valence-electron chi connectivity index (χ1n) is 6.09. The second-order valence-corrected chi connectivity index (χ2v) is 6.69. The largest absolute Gasteiger partial charge is 0.356 e. The van der Waals surface area contributed by atoms with Gasteiger partial charge in [0.25, 0.3) is 0 Å². The Hall–Kier alpha value is -0.530. The summed E-state index contributed by atoms with van der Waals surface area (Å²) in [4.78, 5) is 11.2. The van der Waals surface area contributed by atoms with E-state index in [0.29, 0.717) is 22.7 Å². The Morgan fingerprint density at radius 3 is 2.20 bits per heavy atom. The third-order valence-corrected chi connectivity index (χ3v) is 4.71. The molecule has 3 aliphatic rings. The molecule has 1 N–H and O–H groups in total. The predicted octanol–water partition coefficient (Wildman–Crippen LogP) is 2.73. The van der Waals surface area contributed by atoms with Crippen molar-refractivity contribution in [1.82, 2.24) is 5.32 Å². The lowest BCUT2D eigenvalue weighted by atomic mass is 9.29. The van der Waals surface area contributed by atoms with E-state index in [2.05, 4.69) is 26.1 Å². The first-order chi connectivity index (χ1) is 6.83. The summed E-state index contributed by atoms with van der Waals surface area (Å²) in [6, 6.07) is 0. The van der Waals surface area contributed by atoms with Crippen molar-refractivity contribution in [3.05, 3.63) is 0 Å². The minimum absolute atomic E-state index is 0.199. The average Bonchev–Trinajstić information content (AvgIpc) is 1.96. The Morgan fingerprint density at radius 2 is 1.80 bits per heavy atom. The van der Waals surface area contributed by atoms with Crippen molar-refractivity contribution < 1.29 is 4.79 Å². The van der Waals surface area contributed by atoms with E-state index < -0.39 is 0 Å². The summed E-state index contributed by atoms with van der Waals surface area (Å²) < 4.78 is 0. The third-order valence-electron chi connectivity index (χ3n) is 4.71. The van der Waals surface area contributed by atoms with Gasteiger partial charge in [0, 0.05) is 13.0 Å². The van der Waals surface area contributed by atoms with E-state index in [1.165, 1.54) is 19.3 Å². The van der Waals surface area contributed by atoms with Crippen LogP contribution in [0.3, 0.4) is 0 Å². The molecule has 0 radical (unpaired) electrons. The maximum Gasteiger partial charge on any atom is 0.219 e. The van der Waals surface area contributed by atoms with E-state index in [1.54, 1.807) is 0 Å². The molecule has 2 nitrogen and oxygen atoms in total. The highest BCUT2D eigenvalue weighted by Gasteiger charge is 2.70. The first kappa shape index (κ1) is 11.0. The van der Waals surface area contributed by atoms with Gasteiger partial charge in [-0.2, -0.15) is 0 Å². The number of carbonyl (C=O) groups excluding carboxylic acids is 1. The van der Waals surface area contributed by atoms with Crippen LogP contribution < -0.4 is 5.32 Å². The normalized spacial score (nSPS) is 37.9. The van der Waals surface area contributed by atoms with Crippen LogP contribution in [0.1, 0.15) is 53.4 Å². The summed E-state index contributed by atoms with van der Waals surface area (Å²) in [5, 5.41) is 3.04. The van der Waals surface area contributed by atoms with Crippen LogP contribution in [0, 0.1) is 16.2 Å². The maximum atomic E-state index is 11.2. The monoisotopic (exact) mass is 209 g/mol. The molecule has 0 atom stereocenters. The summed E-state index contributed by atoms with van der Waals surface area (Å²) in [6.07, 6.45) is 4.59. The molecule has 15 heavy (non-hydrogen) atoms. The molecule has 86 valence electrons. The van der Waals surface area contributed by atoms with Gasteiger partial charge in [0.05, 0.1) is 0 Å². The molecule has 3 fully saturated rings. The minimum Gasteiger partial charge on any atom is -0.356 e. The second-order valence-electron chi connectivity index (χ2n) is 6.69. The zero-order chi connectivity index (χ0) is 11.3. The number of rotatable bonds is 3. The minimum atomic E-state index is 0.199. The first-order valence-corrected chi connectivity index (χ1v) is 6.09. The van der Waals surface area contributed by atoms with Crippen LogP contribution in [0.5, 0.6) is 0 Å². The number of amides is 1. The van der Waals surface area contributed by atoms with E-state index in [0.717, 1.165) is 6.54 Å². The molecule has 0 unspecified atom stereocenters. The summed E-state index contributed by atoms with van der Waals surface area (Å²) >= 11 is 0. The Kier molecular flexibility index (Phi) is 2.19. The highest BCUT2D eigenvalue weighted by Crippen LogP contribution is 2.78. The van der Waals surface area contributed by atoms with Crippen molar-refractivity contribution in [2.75, 3.05) is 6.54 Å². The number of hydrogen-bond acceptors (Lipinski definition) is 1. The fourth-order valence-corrected chi connectivity index (χ4v) is 3.39. The lowest BCUT2D eigenvalue weighted by Crippen LogP contribution is -2.69. The van der Waals surface area contributed by atoms with Gasteiger partial charge in [0.15, 0.2) is 0 Å². The highest BCUT2D eigenvalue weighted by atomic mass is 16.1. The topological polar surface area (TPSA) is 29.1 Å². The van der Waals surface area contributed by atoms with E-state index in [9.17, 15) is 4.79 Å². The lowest BCUT2D eigenvalue weighted by Gasteiger charge is -2.76. The molecule has 2 heteroatoms. The van der Waals surface area contributed by atoms with Crippen molar-refractivity contribution in [2.24, 2.45) is 16.2 Å².